The Morgan fingerprint density at radius 1 is 1.53 bits per heavy atom. The zero-order valence-corrected chi connectivity index (χ0v) is 10.8. The highest BCUT2D eigenvalue weighted by Gasteiger charge is 2.23. The predicted molar refractivity (Wildman–Crippen MR) is 68.6 cm³/mol. The van der Waals surface area contributed by atoms with E-state index in [-0.39, 0.29) is 11.3 Å². The largest absolute Gasteiger partial charge is 0.352 e. The van der Waals surface area contributed by atoms with Crippen molar-refractivity contribution in [3.8, 4) is 0 Å². The molecule has 1 heterocycles. The Hall–Kier alpha value is -0.800. The number of amides is 1. The van der Waals surface area contributed by atoms with Crippen LogP contribution >= 0.6 is 23.2 Å². The van der Waals surface area contributed by atoms with Gasteiger partial charge in [-0.3, -0.25) is 9.78 Å². The molecule has 1 aliphatic rings. The highest BCUT2D eigenvalue weighted by molar-refractivity contribution is 6.33. The topological polar surface area (TPSA) is 42.0 Å². The molecule has 0 aliphatic heterocycles. The maximum atomic E-state index is 11.8. The lowest BCUT2D eigenvalue weighted by Crippen LogP contribution is -2.28. The SMILES string of the molecule is O=C(NCC1CCC(Cl)C1)c1ccncc1Cl. The van der Waals surface area contributed by atoms with Crippen molar-refractivity contribution >= 4 is 29.1 Å². The first-order valence-electron chi connectivity index (χ1n) is 5.68. The second-order valence-electron chi connectivity index (χ2n) is 4.34. The first-order chi connectivity index (χ1) is 8.16. The number of aromatic nitrogens is 1. The van der Waals surface area contributed by atoms with Crippen molar-refractivity contribution in [1.82, 2.24) is 10.3 Å². The van der Waals surface area contributed by atoms with E-state index in [1.165, 1.54) is 6.20 Å². The smallest absolute Gasteiger partial charge is 0.252 e. The standard InChI is InChI=1S/C12H14Cl2N2O/c13-9-2-1-8(5-9)6-16-12(17)10-3-4-15-7-11(10)14/h3-4,7-9H,1-2,5-6H2,(H,16,17). The molecular weight excluding hydrogens is 259 g/mol. The Balaban J connectivity index is 1.88. The minimum Gasteiger partial charge on any atom is -0.352 e. The number of hydrogen-bond acceptors (Lipinski definition) is 2. The molecule has 2 rings (SSSR count). The fourth-order valence-corrected chi connectivity index (χ4v) is 2.67. The molecule has 2 unspecified atom stereocenters. The van der Waals surface area contributed by atoms with Crippen LogP contribution in [0.2, 0.25) is 5.02 Å². The molecule has 0 spiro atoms. The molecule has 92 valence electrons. The number of hydrogen-bond donors (Lipinski definition) is 1. The zero-order chi connectivity index (χ0) is 12.3. The van der Waals surface area contributed by atoms with Gasteiger partial charge in [0.1, 0.15) is 0 Å². The van der Waals surface area contributed by atoms with Gasteiger partial charge in [-0.05, 0) is 31.2 Å². The molecule has 0 saturated heterocycles. The summed E-state index contributed by atoms with van der Waals surface area (Å²) in [6, 6.07) is 1.62. The van der Waals surface area contributed by atoms with E-state index >= 15 is 0 Å². The minimum atomic E-state index is -0.143. The summed E-state index contributed by atoms with van der Waals surface area (Å²) in [5.41, 5.74) is 0.474. The van der Waals surface area contributed by atoms with Crippen LogP contribution in [0.25, 0.3) is 0 Å². The summed E-state index contributed by atoms with van der Waals surface area (Å²) in [5.74, 6) is 0.345. The van der Waals surface area contributed by atoms with Gasteiger partial charge in [0.05, 0.1) is 10.6 Å². The van der Waals surface area contributed by atoms with E-state index in [0.717, 1.165) is 19.3 Å². The summed E-state index contributed by atoms with van der Waals surface area (Å²) in [4.78, 5) is 15.7. The van der Waals surface area contributed by atoms with Gasteiger partial charge in [-0.15, -0.1) is 11.6 Å². The summed E-state index contributed by atoms with van der Waals surface area (Å²) in [5, 5.41) is 3.54. The molecule has 0 aromatic carbocycles. The number of nitrogens with one attached hydrogen (secondary N) is 1. The molecular formula is C12H14Cl2N2O. The van der Waals surface area contributed by atoms with E-state index in [2.05, 4.69) is 10.3 Å². The first-order valence-corrected chi connectivity index (χ1v) is 6.50. The van der Waals surface area contributed by atoms with Gasteiger partial charge in [0.2, 0.25) is 0 Å². The second-order valence-corrected chi connectivity index (χ2v) is 5.37. The van der Waals surface area contributed by atoms with Gasteiger partial charge in [-0.2, -0.15) is 0 Å². The van der Waals surface area contributed by atoms with Gasteiger partial charge in [-0.25, -0.2) is 0 Å². The molecule has 2 atom stereocenters. The van der Waals surface area contributed by atoms with E-state index in [1.54, 1.807) is 12.3 Å². The molecule has 0 radical (unpaired) electrons. The average molecular weight is 273 g/mol. The second kappa shape index (κ2) is 5.69. The summed E-state index contributed by atoms with van der Waals surface area (Å²) < 4.78 is 0. The predicted octanol–water partition coefficient (Wildman–Crippen LogP) is 2.87. The number of halogens is 2. The van der Waals surface area contributed by atoms with Gasteiger partial charge >= 0.3 is 0 Å². The molecule has 1 amide bonds. The first kappa shape index (κ1) is 12.7. The lowest BCUT2D eigenvalue weighted by Gasteiger charge is -2.11. The van der Waals surface area contributed by atoms with Gasteiger partial charge in [0.25, 0.3) is 5.91 Å². The molecule has 1 aliphatic carbocycles. The van der Waals surface area contributed by atoms with Crippen LogP contribution < -0.4 is 5.32 Å². The summed E-state index contributed by atoms with van der Waals surface area (Å²) >= 11 is 11.9. The Morgan fingerprint density at radius 3 is 3.00 bits per heavy atom. The monoisotopic (exact) mass is 272 g/mol. The molecule has 3 nitrogen and oxygen atoms in total. The number of carbonyl (C=O) groups excluding carboxylic acids is 1. The van der Waals surface area contributed by atoms with Gasteiger partial charge in [0, 0.05) is 24.3 Å². The van der Waals surface area contributed by atoms with E-state index in [4.69, 9.17) is 23.2 Å². The van der Waals surface area contributed by atoms with Crippen LogP contribution in [0.3, 0.4) is 0 Å². The maximum Gasteiger partial charge on any atom is 0.252 e. The summed E-state index contributed by atoms with van der Waals surface area (Å²) in [6.45, 7) is 0.667. The van der Waals surface area contributed by atoms with Crippen molar-refractivity contribution in [2.24, 2.45) is 5.92 Å². The third-order valence-corrected chi connectivity index (χ3v) is 3.74. The minimum absolute atomic E-state index is 0.143. The number of carbonyl (C=O) groups is 1. The van der Waals surface area contributed by atoms with Gasteiger partial charge in [0.15, 0.2) is 0 Å². The van der Waals surface area contributed by atoms with Gasteiger partial charge < -0.3 is 5.32 Å². The van der Waals surface area contributed by atoms with E-state index in [0.29, 0.717) is 23.0 Å². The Kier molecular flexibility index (Phi) is 4.24. The van der Waals surface area contributed by atoms with E-state index < -0.39 is 0 Å². The number of alkyl halides is 1. The molecule has 0 bridgehead atoms. The normalized spacial score (nSPS) is 23.6. The molecule has 17 heavy (non-hydrogen) atoms. The molecule has 1 aromatic heterocycles. The third-order valence-electron chi connectivity index (χ3n) is 3.05. The van der Waals surface area contributed by atoms with Crippen LogP contribution in [-0.4, -0.2) is 22.8 Å². The van der Waals surface area contributed by atoms with Crippen LogP contribution in [0, 0.1) is 5.92 Å². The number of nitrogens with zero attached hydrogens (tertiary/aromatic N) is 1. The van der Waals surface area contributed by atoms with E-state index in [9.17, 15) is 4.79 Å². The number of pyridine rings is 1. The Labute approximate surface area is 111 Å². The van der Waals surface area contributed by atoms with Crippen LogP contribution in [0.1, 0.15) is 29.6 Å². The molecule has 5 heteroatoms. The summed E-state index contributed by atoms with van der Waals surface area (Å²) in [7, 11) is 0. The van der Waals surface area contributed by atoms with Crippen molar-refractivity contribution < 1.29 is 4.79 Å². The van der Waals surface area contributed by atoms with Crippen molar-refractivity contribution in [2.45, 2.75) is 24.6 Å². The van der Waals surface area contributed by atoms with Crippen LogP contribution in [0.5, 0.6) is 0 Å². The fourth-order valence-electron chi connectivity index (χ4n) is 2.09. The van der Waals surface area contributed by atoms with Crippen molar-refractivity contribution in [3.63, 3.8) is 0 Å². The van der Waals surface area contributed by atoms with Crippen molar-refractivity contribution in [3.05, 3.63) is 29.0 Å². The molecule has 1 fully saturated rings. The van der Waals surface area contributed by atoms with Crippen molar-refractivity contribution in [1.29, 1.82) is 0 Å². The van der Waals surface area contributed by atoms with Crippen LogP contribution in [0.15, 0.2) is 18.5 Å². The highest BCUT2D eigenvalue weighted by atomic mass is 35.5. The maximum absolute atomic E-state index is 11.8. The number of rotatable bonds is 3. The Morgan fingerprint density at radius 2 is 2.35 bits per heavy atom. The lowest BCUT2D eigenvalue weighted by molar-refractivity contribution is 0.0947. The quantitative estimate of drug-likeness (QED) is 0.860. The van der Waals surface area contributed by atoms with Crippen molar-refractivity contribution in [2.75, 3.05) is 6.54 Å². The molecule has 1 saturated carbocycles. The lowest BCUT2D eigenvalue weighted by atomic mass is 10.1. The molecule has 1 N–H and O–H groups in total. The highest BCUT2D eigenvalue weighted by Crippen LogP contribution is 2.28. The van der Waals surface area contributed by atoms with E-state index in [1.807, 2.05) is 0 Å². The zero-order valence-electron chi connectivity index (χ0n) is 9.33. The third kappa shape index (κ3) is 3.33. The van der Waals surface area contributed by atoms with Crippen LogP contribution in [-0.2, 0) is 0 Å². The Bertz CT molecular complexity index is 411. The van der Waals surface area contributed by atoms with Gasteiger partial charge in [-0.1, -0.05) is 11.6 Å². The fraction of sp³-hybridized carbons (Fsp3) is 0.500. The molecule has 1 aromatic rings. The van der Waals surface area contributed by atoms with Crippen LogP contribution in [0.4, 0.5) is 0 Å². The summed E-state index contributed by atoms with van der Waals surface area (Å²) in [6.07, 6.45) is 6.13. The average Bonchev–Trinajstić information content (AvgIpc) is 2.73.